The van der Waals surface area contributed by atoms with E-state index >= 15 is 4.79 Å². The first-order valence-corrected chi connectivity index (χ1v) is 21.5. The lowest BCUT2D eigenvalue weighted by Crippen LogP contribution is -2.49. The molecule has 2 atom stereocenters. The maximum atomic E-state index is 15.2. The molecule has 2 unspecified atom stereocenters. The van der Waals surface area contributed by atoms with Gasteiger partial charge in [-0.3, -0.25) is 9.59 Å². The molecule has 5 rings (SSSR count). The van der Waals surface area contributed by atoms with Gasteiger partial charge in [-0.1, -0.05) is 112 Å². The molecule has 320 valence electrons. The number of ether oxygens (including phenoxy) is 2. The van der Waals surface area contributed by atoms with E-state index in [0.717, 1.165) is 38.5 Å². The number of nitrogens with one attached hydrogen (secondary N) is 2. The highest BCUT2D eigenvalue weighted by molar-refractivity contribution is 6.40. The van der Waals surface area contributed by atoms with Crippen molar-refractivity contribution in [2.45, 2.75) is 135 Å². The van der Waals surface area contributed by atoms with Gasteiger partial charge in [0.15, 0.2) is 0 Å². The van der Waals surface area contributed by atoms with Gasteiger partial charge in [0.1, 0.15) is 23.2 Å². The van der Waals surface area contributed by atoms with Gasteiger partial charge < -0.3 is 24.9 Å². The first kappa shape index (κ1) is 45.4. The summed E-state index contributed by atoms with van der Waals surface area (Å²) in [5.74, 6) is -1.36. The fourth-order valence-electron chi connectivity index (χ4n) is 9.75. The number of hydrogen-bond acceptors (Lipinski definition) is 7. The highest BCUT2D eigenvalue weighted by Crippen LogP contribution is 2.51. The van der Waals surface area contributed by atoms with Crippen molar-refractivity contribution < 1.29 is 33.8 Å². The van der Waals surface area contributed by atoms with Crippen LogP contribution in [0.5, 0.6) is 0 Å². The molecular formula is C50H68N2O7. The van der Waals surface area contributed by atoms with Crippen molar-refractivity contribution in [3.63, 3.8) is 0 Å². The lowest BCUT2D eigenvalue weighted by atomic mass is 9.59. The van der Waals surface area contributed by atoms with E-state index in [9.17, 15) is 19.5 Å². The maximum absolute atomic E-state index is 15.2. The van der Waals surface area contributed by atoms with Crippen LogP contribution in [0.3, 0.4) is 0 Å². The number of aromatic nitrogens is 1. The Labute approximate surface area is 352 Å². The summed E-state index contributed by atoms with van der Waals surface area (Å²) in [7, 11) is 0. The maximum Gasteiger partial charge on any atom is 0.342 e. The van der Waals surface area contributed by atoms with Crippen molar-refractivity contribution in [1.82, 2.24) is 4.98 Å². The van der Waals surface area contributed by atoms with Crippen LogP contribution in [0.25, 0.3) is 16.7 Å². The number of Topliss-reactive ketones (excluding diaryl/α,β-unsaturated/α-hetero) is 1. The molecule has 3 aliphatic carbocycles. The van der Waals surface area contributed by atoms with Crippen LogP contribution >= 0.6 is 0 Å². The van der Waals surface area contributed by atoms with Gasteiger partial charge in [-0.05, 0) is 98.3 Å². The second kappa shape index (κ2) is 17.1. The Morgan fingerprint density at radius 3 is 1.97 bits per heavy atom. The average Bonchev–Trinajstić information content (AvgIpc) is 3.81. The van der Waals surface area contributed by atoms with E-state index in [2.05, 4.69) is 65.3 Å². The Balaban J connectivity index is 1.76. The van der Waals surface area contributed by atoms with Gasteiger partial charge in [0.2, 0.25) is 11.7 Å². The van der Waals surface area contributed by atoms with Gasteiger partial charge in [0.05, 0.1) is 29.0 Å². The van der Waals surface area contributed by atoms with E-state index in [1.165, 1.54) is 0 Å². The fourth-order valence-corrected chi connectivity index (χ4v) is 9.75. The zero-order chi connectivity index (χ0) is 43.9. The summed E-state index contributed by atoms with van der Waals surface area (Å²) < 4.78 is 12.1. The monoisotopic (exact) mass is 809 g/mol. The van der Waals surface area contributed by atoms with Crippen LogP contribution in [0.2, 0.25) is 0 Å². The van der Waals surface area contributed by atoms with Crippen LogP contribution in [0.4, 0.5) is 5.82 Å². The lowest BCUT2D eigenvalue weighted by Gasteiger charge is -2.50. The van der Waals surface area contributed by atoms with Gasteiger partial charge in [0, 0.05) is 22.8 Å². The fraction of sp³-hybridized carbons (Fsp3) is 0.560. The minimum atomic E-state index is -0.755. The van der Waals surface area contributed by atoms with E-state index in [4.69, 9.17) is 9.47 Å². The predicted molar refractivity (Wildman–Crippen MR) is 235 cm³/mol. The molecule has 0 radical (unpaired) electrons. The molecule has 0 bridgehead atoms. The van der Waals surface area contributed by atoms with Crippen LogP contribution in [-0.4, -0.2) is 46.4 Å². The van der Waals surface area contributed by atoms with E-state index in [-0.39, 0.29) is 80.7 Å². The number of esters is 2. The second-order valence-electron chi connectivity index (χ2n) is 20.1. The van der Waals surface area contributed by atoms with Crippen molar-refractivity contribution in [2.75, 3.05) is 11.9 Å². The number of H-pyrrole nitrogens is 1. The number of benzene rings is 1. The summed E-state index contributed by atoms with van der Waals surface area (Å²) in [5.41, 5.74) is 1.71. The Morgan fingerprint density at radius 2 is 1.47 bits per heavy atom. The van der Waals surface area contributed by atoms with Crippen LogP contribution in [0, 0.1) is 39.9 Å². The van der Waals surface area contributed by atoms with E-state index in [0.29, 0.717) is 33.8 Å². The Morgan fingerprint density at radius 1 is 0.915 bits per heavy atom. The van der Waals surface area contributed by atoms with E-state index in [1.807, 2.05) is 44.2 Å². The van der Waals surface area contributed by atoms with Gasteiger partial charge in [-0.25, -0.2) is 9.59 Å². The Hall–Kier alpha value is -4.66. The molecule has 1 amide bonds. The summed E-state index contributed by atoms with van der Waals surface area (Å²) in [6.45, 7) is 30.2. The van der Waals surface area contributed by atoms with Crippen molar-refractivity contribution in [3.05, 3.63) is 81.8 Å². The minimum Gasteiger partial charge on any atom is -0.506 e. The van der Waals surface area contributed by atoms with Crippen molar-refractivity contribution in [1.29, 1.82) is 0 Å². The molecule has 1 aromatic heterocycles. The molecule has 2 saturated carbocycles. The molecule has 9 heteroatoms. The largest absolute Gasteiger partial charge is 0.506 e. The first-order valence-electron chi connectivity index (χ1n) is 21.5. The smallest absolute Gasteiger partial charge is 0.342 e. The predicted octanol–water partition coefficient (Wildman–Crippen LogP) is 11.7. The number of carbonyl (C=O) groups is 4. The number of allylic oxidation sites excluding steroid dienone is 4. The molecule has 0 saturated heterocycles. The van der Waals surface area contributed by atoms with Gasteiger partial charge in [-0.2, -0.15) is 0 Å². The van der Waals surface area contributed by atoms with Crippen LogP contribution in [-0.2, 0) is 23.9 Å². The minimum absolute atomic E-state index is 0.0322. The molecule has 2 fully saturated rings. The first-order chi connectivity index (χ1) is 27.4. The number of anilines is 1. The summed E-state index contributed by atoms with van der Waals surface area (Å²) in [6, 6.07) is 9.21. The molecule has 0 aliphatic heterocycles. The van der Waals surface area contributed by atoms with Crippen LogP contribution in [0.1, 0.15) is 145 Å². The van der Waals surface area contributed by atoms with Crippen LogP contribution in [0.15, 0.2) is 70.5 Å². The molecule has 59 heavy (non-hydrogen) atoms. The molecule has 2 aromatic rings. The number of amides is 1. The number of aliphatic hydroxyl groups excluding tert-OH is 1. The molecule has 1 aromatic carbocycles. The van der Waals surface area contributed by atoms with E-state index in [1.54, 1.807) is 27.7 Å². The average molecular weight is 809 g/mol. The van der Waals surface area contributed by atoms with Crippen molar-refractivity contribution >= 4 is 35.0 Å². The number of hydrogen-bond donors (Lipinski definition) is 3. The van der Waals surface area contributed by atoms with Gasteiger partial charge in [-0.15, -0.1) is 0 Å². The highest BCUT2D eigenvalue weighted by atomic mass is 16.5. The SMILES string of the molecule is C=C(C)/C(C(=O)OCC)=C(C)\C(C)=C1\C(=O)C(c2[nH]c(NC(=O)C(C)(C)C3CCCC3)c(C(=O)OC3C(C(C)(C)C)CC(C)CC3C(C)(C)C)c2-c2ccccc2)=C1O. The summed E-state index contributed by atoms with van der Waals surface area (Å²) in [6.07, 6.45) is 5.36. The molecule has 1 heterocycles. The van der Waals surface area contributed by atoms with Crippen molar-refractivity contribution in [3.8, 4) is 11.1 Å². The second-order valence-corrected chi connectivity index (χ2v) is 20.1. The Kier molecular flexibility index (Phi) is 13.2. The normalized spacial score (nSPS) is 23.0. The number of carbonyl (C=O) groups excluding carboxylic acids is 4. The third-order valence-corrected chi connectivity index (χ3v) is 13.4. The molecule has 9 nitrogen and oxygen atoms in total. The summed E-state index contributed by atoms with van der Waals surface area (Å²) >= 11 is 0. The Bertz CT molecular complexity index is 2070. The molecular weight excluding hydrogens is 741 g/mol. The standard InChI is InChI=1S/C50H68N2O7/c1-15-58-45(55)35(27(2)3)29(5)30(6)36-41(53)39(42(36)54)40-37(31-21-17-16-18-22-31)38(44(51-40)52-47(57)50(13,14)32-23-19-20-24-32)46(56)59-43-33(48(7,8)9)25-28(4)26-34(43)49(10,11)12/h16-18,21-22,28,32-34,43,51,53H,2,15,19-20,23-26H2,1,3-14H3,(H,52,57)/b35-29+,36-30+. The number of aromatic amines is 1. The zero-order valence-corrected chi connectivity index (χ0v) is 37.8. The van der Waals surface area contributed by atoms with Gasteiger partial charge >= 0.3 is 11.9 Å². The topological polar surface area (TPSA) is 135 Å². The summed E-state index contributed by atoms with van der Waals surface area (Å²) in [4.78, 5) is 60.3. The number of rotatable bonds is 11. The zero-order valence-electron chi connectivity index (χ0n) is 37.8. The van der Waals surface area contributed by atoms with Gasteiger partial charge in [0.25, 0.3) is 0 Å². The number of ketones is 1. The van der Waals surface area contributed by atoms with Crippen molar-refractivity contribution in [2.24, 2.45) is 39.9 Å². The third kappa shape index (κ3) is 8.95. The number of aliphatic hydroxyl groups is 1. The summed E-state index contributed by atoms with van der Waals surface area (Å²) in [5, 5.41) is 15.0. The highest BCUT2D eigenvalue weighted by Gasteiger charge is 2.49. The van der Waals surface area contributed by atoms with E-state index < -0.39 is 29.2 Å². The van der Waals surface area contributed by atoms with Crippen LogP contribution < -0.4 is 5.32 Å². The lowest BCUT2D eigenvalue weighted by molar-refractivity contribution is -0.138. The molecule has 0 spiro atoms. The molecule has 3 N–H and O–H groups in total. The molecule has 3 aliphatic rings. The quantitative estimate of drug-likeness (QED) is 0.117. The third-order valence-electron chi connectivity index (χ3n) is 13.4.